The topological polar surface area (TPSA) is 12.0 Å². The Morgan fingerprint density at radius 2 is 2.06 bits per heavy atom. The maximum absolute atomic E-state index is 11.9. The Morgan fingerprint density at radius 1 is 1.38 bits per heavy atom. The molecule has 0 aliphatic rings. The summed E-state index contributed by atoms with van der Waals surface area (Å²) in [4.78, 5) is 0. The maximum Gasteiger partial charge on any atom is 0.390 e. The van der Waals surface area contributed by atoms with Gasteiger partial charge in [0.1, 0.15) is 0 Å². The van der Waals surface area contributed by atoms with Gasteiger partial charge in [-0.25, -0.2) is 0 Å². The molecule has 0 spiro atoms. The number of rotatable bonds is 4. The molecule has 0 radical (unpaired) electrons. The van der Waals surface area contributed by atoms with Gasteiger partial charge >= 0.3 is 6.18 Å². The average molecular weight is 252 g/mol. The maximum atomic E-state index is 11.9. The van der Waals surface area contributed by atoms with Crippen LogP contribution in [-0.2, 0) is 0 Å². The summed E-state index contributed by atoms with van der Waals surface area (Å²) in [5.41, 5.74) is 0.884. The van der Waals surface area contributed by atoms with E-state index in [9.17, 15) is 13.2 Å². The van der Waals surface area contributed by atoms with Gasteiger partial charge in [0.15, 0.2) is 0 Å². The van der Waals surface area contributed by atoms with E-state index < -0.39 is 12.6 Å². The lowest BCUT2D eigenvalue weighted by molar-refractivity contribution is -0.133. The fraction of sp³-hybridized carbons (Fsp3) is 0.455. The minimum absolute atomic E-state index is 0.0861. The number of halogens is 4. The number of hydrogen-bond acceptors (Lipinski definition) is 1. The molecule has 5 heteroatoms. The van der Waals surface area contributed by atoms with Gasteiger partial charge in [-0.3, -0.25) is 0 Å². The third-order valence-corrected chi connectivity index (χ3v) is 2.44. The zero-order chi connectivity index (χ0) is 12.2. The van der Waals surface area contributed by atoms with E-state index in [1.54, 1.807) is 18.2 Å². The molecular weight excluding hydrogens is 239 g/mol. The van der Waals surface area contributed by atoms with Crippen LogP contribution in [0.3, 0.4) is 0 Å². The van der Waals surface area contributed by atoms with Crippen LogP contribution in [-0.4, -0.2) is 12.7 Å². The van der Waals surface area contributed by atoms with Crippen LogP contribution < -0.4 is 5.32 Å². The SMILES string of the molecule is CC(NCCC(F)(F)F)c1cccc(Cl)c1. The van der Waals surface area contributed by atoms with Gasteiger partial charge in [0.05, 0.1) is 6.42 Å². The molecule has 1 aromatic carbocycles. The first-order valence-corrected chi connectivity index (χ1v) is 5.32. The van der Waals surface area contributed by atoms with E-state index in [0.717, 1.165) is 5.56 Å². The van der Waals surface area contributed by atoms with Crippen LogP contribution in [0.15, 0.2) is 24.3 Å². The highest BCUT2D eigenvalue weighted by molar-refractivity contribution is 6.30. The largest absolute Gasteiger partial charge is 0.390 e. The van der Waals surface area contributed by atoms with Crippen molar-refractivity contribution in [1.29, 1.82) is 0 Å². The second-order valence-electron chi connectivity index (χ2n) is 3.60. The molecule has 0 aliphatic carbocycles. The first-order chi connectivity index (χ1) is 7.38. The molecule has 0 fully saturated rings. The highest BCUT2D eigenvalue weighted by atomic mass is 35.5. The molecule has 0 amide bonds. The highest BCUT2D eigenvalue weighted by Gasteiger charge is 2.26. The fourth-order valence-corrected chi connectivity index (χ4v) is 1.52. The molecule has 1 aromatic rings. The third kappa shape index (κ3) is 4.86. The minimum atomic E-state index is -4.11. The second-order valence-corrected chi connectivity index (χ2v) is 4.03. The second kappa shape index (κ2) is 5.55. The van der Waals surface area contributed by atoms with E-state index in [4.69, 9.17) is 11.6 Å². The Hall–Kier alpha value is -0.740. The molecule has 1 nitrogen and oxygen atoms in total. The molecule has 0 aromatic heterocycles. The molecule has 1 rings (SSSR count). The van der Waals surface area contributed by atoms with Gasteiger partial charge < -0.3 is 5.32 Å². The van der Waals surface area contributed by atoms with Gasteiger partial charge in [0.2, 0.25) is 0 Å². The van der Waals surface area contributed by atoms with E-state index in [2.05, 4.69) is 5.32 Å². The first kappa shape index (κ1) is 13.3. The van der Waals surface area contributed by atoms with Crippen molar-refractivity contribution in [3.8, 4) is 0 Å². The van der Waals surface area contributed by atoms with Gasteiger partial charge in [0, 0.05) is 17.6 Å². The summed E-state index contributed by atoms with van der Waals surface area (Å²) in [5, 5.41) is 3.39. The lowest BCUT2D eigenvalue weighted by Crippen LogP contribution is -2.24. The molecule has 1 atom stereocenters. The molecular formula is C11H13ClF3N. The summed E-state index contributed by atoms with van der Waals surface area (Å²) in [6, 6.07) is 6.94. The van der Waals surface area contributed by atoms with Crippen molar-refractivity contribution < 1.29 is 13.2 Å². The van der Waals surface area contributed by atoms with Crippen LogP contribution in [0, 0.1) is 0 Å². The number of hydrogen-bond donors (Lipinski definition) is 1. The number of benzene rings is 1. The van der Waals surface area contributed by atoms with Crippen molar-refractivity contribution in [2.45, 2.75) is 25.6 Å². The van der Waals surface area contributed by atoms with Gasteiger partial charge in [-0.05, 0) is 24.6 Å². The Balaban J connectivity index is 2.44. The van der Waals surface area contributed by atoms with Gasteiger partial charge in [0.25, 0.3) is 0 Å². The van der Waals surface area contributed by atoms with Crippen molar-refractivity contribution in [3.05, 3.63) is 34.9 Å². The summed E-state index contributed by atoms with van der Waals surface area (Å²) < 4.78 is 35.7. The summed E-state index contributed by atoms with van der Waals surface area (Å²) >= 11 is 5.79. The normalized spacial score (nSPS) is 13.8. The molecule has 90 valence electrons. The molecule has 1 unspecified atom stereocenters. The summed E-state index contributed by atoms with van der Waals surface area (Å²) in [7, 11) is 0. The third-order valence-electron chi connectivity index (χ3n) is 2.21. The number of alkyl halides is 3. The van der Waals surface area contributed by atoms with Gasteiger partial charge in [-0.1, -0.05) is 23.7 Å². The van der Waals surface area contributed by atoms with Crippen molar-refractivity contribution in [2.75, 3.05) is 6.54 Å². The summed E-state index contributed by atoms with van der Waals surface area (Å²) in [5.74, 6) is 0. The quantitative estimate of drug-likeness (QED) is 0.855. The lowest BCUT2D eigenvalue weighted by Gasteiger charge is -2.15. The van der Waals surface area contributed by atoms with Crippen molar-refractivity contribution in [2.24, 2.45) is 0 Å². The van der Waals surface area contributed by atoms with E-state index in [0.29, 0.717) is 5.02 Å². The van der Waals surface area contributed by atoms with Crippen molar-refractivity contribution in [3.63, 3.8) is 0 Å². The zero-order valence-electron chi connectivity index (χ0n) is 8.81. The van der Waals surface area contributed by atoms with Crippen LogP contribution in [0.5, 0.6) is 0 Å². The standard InChI is InChI=1S/C11H13ClF3N/c1-8(16-6-5-11(13,14)15)9-3-2-4-10(12)7-9/h2-4,7-8,16H,5-6H2,1H3. The molecule has 0 heterocycles. The molecule has 0 aliphatic heterocycles. The van der Waals surface area contributed by atoms with Crippen LogP contribution in [0.1, 0.15) is 24.9 Å². The Labute approximate surface area is 97.6 Å². The van der Waals surface area contributed by atoms with Crippen LogP contribution in [0.2, 0.25) is 5.02 Å². The zero-order valence-corrected chi connectivity index (χ0v) is 9.57. The van der Waals surface area contributed by atoms with Crippen LogP contribution in [0.4, 0.5) is 13.2 Å². The van der Waals surface area contributed by atoms with Crippen molar-refractivity contribution in [1.82, 2.24) is 5.32 Å². The Bertz CT molecular complexity index is 338. The minimum Gasteiger partial charge on any atom is -0.310 e. The monoisotopic (exact) mass is 251 g/mol. The van der Waals surface area contributed by atoms with E-state index in [1.807, 2.05) is 13.0 Å². The van der Waals surface area contributed by atoms with Crippen molar-refractivity contribution >= 4 is 11.6 Å². The van der Waals surface area contributed by atoms with Gasteiger partial charge in [-0.15, -0.1) is 0 Å². The highest BCUT2D eigenvalue weighted by Crippen LogP contribution is 2.20. The predicted octanol–water partition coefficient (Wildman–Crippen LogP) is 3.94. The van der Waals surface area contributed by atoms with Gasteiger partial charge in [-0.2, -0.15) is 13.2 Å². The lowest BCUT2D eigenvalue weighted by atomic mass is 10.1. The van der Waals surface area contributed by atoms with Crippen LogP contribution in [0.25, 0.3) is 0 Å². The molecule has 1 N–H and O–H groups in total. The molecule has 0 saturated carbocycles. The smallest absolute Gasteiger partial charge is 0.310 e. The van der Waals surface area contributed by atoms with E-state index in [1.165, 1.54) is 0 Å². The van der Waals surface area contributed by atoms with E-state index >= 15 is 0 Å². The molecule has 16 heavy (non-hydrogen) atoms. The Morgan fingerprint density at radius 3 is 2.62 bits per heavy atom. The van der Waals surface area contributed by atoms with E-state index in [-0.39, 0.29) is 12.6 Å². The summed E-state index contributed by atoms with van der Waals surface area (Å²) in [6.45, 7) is 1.72. The molecule has 0 bridgehead atoms. The predicted molar refractivity (Wildman–Crippen MR) is 58.5 cm³/mol. The Kier molecular flexibility index (Phi) is 4.62. The summed E-state index contributed by atoms with van der Waals surface area (Å²) in [6.07, 6.45) is -4.93. The first-order valence-electron chi connectivity index (χ1n) is 4.94. The average Bonchev–Trinajstić information content (AvgIpc) is 2.15. The fourth-order valence-electron chi connectivity index (χ4n) is 1.32. The molecule has 0 saturated heterocycles. The van der Waals surface area contributed by atoms with Crippen LogP contribution >= 0.6 is 11.6 Å². The number of nitrogens with one attached hydrogen (secondary N) is 1.